The van der Waals surface area contributed by atoms with Crippen molar-refractivity contribution in [2.45, 2.75) is 37.7 Å². The molecule has 0 saturated heterocycles. The topological polar surface area (TPSA) is 38.1 Å². The number of nitrogens with zero attached hydrogens (tertiary/aromatic N) is 2. The van der Waals surface area contributed by atoms with Crippen LogP contribution in [-0.2, 0) is 0 Å². The maximum Gasteiger partial charge on any atom is 0.0648 e. The summed E-state index contributed by atoms with van der Waals surface area (Å²) in [6.45, 7) is 0. The molecule has 0 aliphatic heterocycles. The quantitative estimate of drug-likeness (QED) is 0.879. The molecular weight excluding hydrogens is 224 g/mol. The van der Waals surface area contributed by atoms with Crippen LogP contribution in [0.2, 0.25) is 0 Å². The van der Waals surface area contributed by atoms with Gasteiger partial charge < -0.3 is 5.11 Å². The normalized spacial score (nSPS) is 24.1. The standard InChI is InChI=1S/C15H18N2O/c18-15-9-5-4-8-13(15)14-10-11-16-17(14)12-6-2-1-3-7-12/h1-3,6-7,10-11,13,15,18H,4-5,8-9H2. The van der Waals surface area contributed by atoms with E-state index in [2.05, 4.69) is 5.10 Å². The lowest BCUT2D eigenvalue weighted by molar-refractivity contribution is 0.103. The summed E-state index contributed by atoms with van der Waals surface area (Å²) < 4.78 is 1.96. The van der Waals surface area contributed by atoms with E-state index >= 15 is 0 Å². The molecule has 1 aliphatic carbocycles. The average Bonchev–Trinajstić information content (AvgIpc) is 2.89. The molecule has 0 bridgehead atoms. The maximum absolute atomic E-state index is 10.2. The molecule has 1 aromatic heterocycles. The van der Waals surface area contributed by atoms with E-state index in [9.17, 15) is 5.11 Å². The molecule has 1 heterocycles. The molecule has 1 aliphatic rings. The van der Waals surface area contributed by atoms with E-state index in [0.29, 0.717) is 0 Å². The second kappa shape index (κ2) is 4.94. The van der Waals surface area contributed by atoms with Crippen LogP contribution in [0.15, 0.2) is 42.6 Å². The van der Waals surface area contributed by atoms with Crippen molar-refractivity contribution in [2.24, 2.45) is 0 Å². The van der Waals surface area contributed by atoms with Gasteiger partial charge in [-0.25, -0.2) is 4.68 Å². The monoisotopic (exact) mass is 242 g/mol. The van der Waals surface area contributed by atoms with E-state index in [1.54, 1.807) is 0 Å². The Kier molecular flexibility index (Phi) is 3.15. The van der Waals surface area contributed by atoms with Crippen LogP contribution in [0.5, 0.6) is 0 Å². The van der Waals surface area contributed by atoms with Crippen LogP contribution in [-0.4, -0.2) is 21.0 Å². The van der Waals surface area contributed by atoms with Gasteiger partial charge in [-0.2, -0.15) is 5.10 Å². The van der Waals surface area contributed by atoms with E-state index < -0.39 is 0 Å². The van der Waals surface area contributed by atoms with Gasteiger partial charge in [0, 0.05) is 17.8 Å². The van der Waals surface area contributed by atoms with Crippen molar-refractivity contribution in [3.05, 3.63) is 48.3 Å². The maximum atomic E-state index is 10.2. The third-order valence-electron chi connectivity index (χ3n) is 3.78. The highest BCUT2D eigenvalue weighted by atomic mass is 16.3. The Bertz CT molecular complexity index is 506. The molecule has 1 fully saturated rings. The number of hydrogen-bond donors (Lipinski definition) is 1. The number of rotatable bonds is 2. The second-order valence-electron chi connectivity index (χ2n) is 4.96. The zero-order valence-corrected chi connectivity index (χ0v) is 10.4. The highest BCUT2D eigenvalue weighted by Crippen LogP contribution is 2.33. The highest BCUT2D eigenvalue weighted by molar-refractivity contribution is 5.33. The molecule has 0 spiro atoms. The van der Waals surface area contributed by atoms with Crippen LogP contribution < -0.4 is 0 Å². The largest absolute Gasteiger partial charge is 0.392 e. The van der Waals surface area contributed by atoms with E-state index in [-0.39, 0.29) is 12.0 Å². The number of aliphatic hydroxyl groups is 1. The van der Waals surface area contributed by atoms with Crippen molar-refractivity contribution in [2.75, 3.05) is 0 Å². The molecule has 1 aromatic carbocycles. The van der Waals surface area contributed by atoms with Crippen molar-refractivity contribution < 1.29 is 5.11 Å². The molecule has 3 rings (SSSR count). The van der Waals surface area contributed by atoms with E-state index in [0.717, 1.165) is 30.6 Å². The van der Waals surface area contributed by atoms with Gasteiger partial charge in [-0.05, 0) is 31.0 Å². The number of aliphatic hydroxyl groups excluding tert-OH is 1. The first-order valence-electron chi connectivity index (χ1n) is 6.63. The van der Waals surface area contributed by atoms with Crippen molar-refractivity contribution in [1.29, 1.82) is 0 Å². The van der Waals surface area contributed by atoms with Crippen LogP contribution in [0.25, 0.3) is 5.69 Å². The lowest BCUT2D eigenvalue weighted by Gasteiger charge is -2.28. The number of para-hydroxylation sites is 1. The van der Waals surface area contributed by atoms with E-state index in [1.807, 2.05) is 47.3 Å². The second-order valence-corrected chi connectivity index (χ2v) is 4.96. The highest BCUT2D eigenvalue weighted by Gasteiger charge is 2.27. The molecular formula is C15H18N2O. The van der Waals surface area contributed by atoms with Gasteiger partial charge in [0.1, 0.15) is 0 Å². The van der Waals surface area contributed by atoms with Gasteiger partial charge >= 0.3 is 0 Å². The fraction of sp³-hybridized carbons (Fsp3) is 0.400. The van der Waals surface area contributed by atoms with Gasteiger partial charge in [0.15, 0.2) is 0 Å². The first kappa shape index (κ1) is 11.5. The Morgan fingerprint density at radius 3 is 2.61 bits per heavy atom. The molecule has 3 heteroatoms. The molecule has 2 unspecified atom stereocenters. The summed E-state index contributed by atoms with van der Waals surface area (Å²) in [6, 6.07) is 12.2. The Morgan fingerprint density at radius 1 is 1.06 bits per heavy atom. The number of benzene rings is 1. The molecule has 1 saturated carbocycles. The fourth-order valence-corrected chi connectivity index (χ4v) is 2.84. The van der Waals surface area contributed by atoms with Crippen LogP contribution in [0.3, 0.4) is 0 Å². The van der Waals surface area contributed by atoms with Gasteiger partial charge in [-0.15, -0.1) is 0 Å². The van der Waals surface area contributed by atoms with Gasteiger partial charge in [0.05, 0.1) is 11.8 Å². The zero-order valence-electron chi connectivity index (χ0n) is 10.4. The summed E-state index contributed by atoms with van der Waals surface area (Å²) in [5.41, 5.74) is 2.20. The number of hydrogen-bond acceptors (Lipinski definition) is 2. The van der Waals surface area contributed by atoms with Gasteiger partial charge in [0.2, 0.25) is 0 Å². The Balaban J connectivity index is 1.96. The molecule has 2 aromatic rings. The molecule has 3 nitrogen and oxygen atoms in total. The van der Waals surface area contributed by atoms with Crippen LogP contribution in [0, 0.1) is 0 Å². The van der Waals surface area contributed by atoms with Gasteiger partial charge in [-0.1, -0.05) is 31.0 Å². The molecule has 0 radical (unpaired) electrons. The predicted octanol–water partition coefficient (Wildman–Crippen LogP) is 2.89. The summed E-state index contributed by atoms with van der Waals surface area (Å²) in [5.74, 6) is 0.224. The minimum Gasteiger partial charge on any atom is -0.392 e. The van der Waals surface area contributed by atoms with Crippen LogP contribution >= 0.6 is 0 Å². The van der Waals surface area contributed by atoms with Crippen molar-refractivity contribution in [1.82, 2.24) is 9.78 Å². The summed E-state index contributed by atoms with van der Waals surface area (Å²) in [7, 11) is 0. The third-order valence-corrected chi connectivity index (χ3v) is 3.78. The summed E-state index contributed by atoms with van der Waals surface area (Å²) in [5, 5.41) is 14.6. The van der Waals surface area contributed by atoms with Crippen molar-refractivity contribution in [3.8, 4) is 5.69 Å². The molecule has 0 amide bonds. The summed E-state index contributed by atoms with van der Waals surface area (Å²) >= 11 is 0. The molecule has 1 N–H and O–H groups in total. The number of aromatic nitrogens is 2. The first-order chi connectivity index (χ1) is 8.86. The fourth-order valence-electron chi connectivity index (χ4n) is 2.84. The van der Waals surface area contributed by atoms with Crippen LogP contribution in [0.4, 0.5) is 0 Å². The Labute approximate surface area is 107 Å². The van der Waals surface area contributed by atoms with Crippen molar-refractivity contribution >= 4 is 0 Å². The molecule has 18 heavy (non-hydrogen) atoms. The molecule has 94 valence electrons. The SMILES string of the molecule is OC1CCCCC1c1ccnn1-c1ccccc1. The lowest BCUT2D eigenvalue weighted by atomic mass is 9.84. The first-order valence-corrected chi connectivity index (χ1v) is 6.63. The molecule has 2 atom stereocenters. The minimum atomic E-state index is -0.224. The van der Waals surface area contributed by atoms with E-state index in [4.69, 9.17) is 0 Å². The Hall–Kier alpha value is -1.61. The average molecular weight is 242 g/mol. The Morgan fingerprint density at radius 2 is 1.83 bits per heavy atom. The van der Waals surface area contributed by atoms with Gasteiger partial charge in [0.25, 0.3) is 0 Å². The third kappa shape index (κ3) is 2.06. The summed E-state index contributed by atoms with van der Waals surface area (Å²) in [4.78, 5) is 0. The van der Waals surface area contributed by atoms with Gasteiger partial charge in [-0.3, -0.25) is 0 Å². The van der Waals surface area contributed by atoms with E-state index in [1.165, 1.54) is 6.42 Å². The lowest BCUT2D eigenvalue weighted by Crippen LogP contribution is -2.24. The minimum absolute atomic E-state index is 0.224. The zero-order chi connectivity index (χ0) is 12.4. The predicted molar refractivity (Wildman–Crippen MR) is 70.8 cm³/mol. The van der Waals surface area contributed by atoms with Crippen molar-refractivity contribution in [3.63, 3.8) is 0 Å². The van der Waals surface area contributed by atoms with Crippen LogP contribution in [0.1, 0.15) is 37.3 Å². The smallest absolute Gasteiger partial charge is 0.0648 e. The summed E-state index contributed by atoms with van der Waals surface area (Å²) in [6.07, 6.45) is 5.89.